The summed E-state index contributed by atoms with van der Waals surface area (Å²) in [5.74, 6) is 0.133. The molecule has 0 saturated carbocycles. The molecule has 114 valence electrons. The summed E-state index contributed by atoms with van der Waals surface area (Å²) in [6.45, 7) is 4.98. The lowest BCUT2D eigenvalue weighted by atomic mass is 10.1. The van der Waals surface area contributed by atoms with E-state index in [1.165, 1.54) is 0 Å². The van der Waals surface area contributed by atoms with Crippen LogP contribution in [0.15, 0.2) is 42.7 Å². The molecule has 1 aromatic carbocycles. The first kappa shape index (κ1) is 14.6. The van der Waals surface area contributed by atoms with Gasteiger partial charge in [-0.1, -0.05) is 12.1 Å². The number of hydrogen-bond donors (Lipinski definition) is 2. The topological polar surface area (TPSA) is 70.2 Å². The first-order valence-corrected chi connectivity index (χ1v) is 7.42. The number of rotatable bonds is 4. The van der Waals surface area contributed by atoms with E-state index >= 15 is 0 Å². The van der Waals surface area contributed by atoms with E-state index in [0.29, 0.717) is 11.5 Å². The lowest BCUT2D eigenvalue weighted by molar-refractivity contribution is 0.102. The Bertz CT molecular complexity index is 625. The van der Waals surface area contributed by atoms with E-state index in [9.17, 15) is 4.79 Å². The Morgan fingerprint density at radius 2 is 1.95 bits per heavy atom. The van der Waals surface area contributed by atoms with E-state index < -0.39 is 0 Å². The van der Waals surface area contributed by atoms with Crippen LogP contribution in [0.25, 0.3) is 0 Å². The molecule has 1 aliphatic rings. The molecule has 3 rings (SSSR count). The van der Waals surface area contributed by atoms with Crippen molar-refractivity contribution in [1.29, 1.82) is 0 Å². The van der Waals surface area contributed by atoms with Crippen LogP contribution in [0.5, 0.6) is 0 Å². The molecule has 6 nitrogen and oxygen atoms in total. The molecule has 0 spiro atoms. The van der Waals surface area contributed by atoms with Crippen LogP contribution in [0.2, 0.25) is 0 Å². The van der Waals surface area contributed by atoms with Gasteiger partial charge in [-0.05, 0) is 23.8 Å². The third-order valence-electron chi connectivity index (χ3n) is 3.60. The second-order valence-corrected chi connectivity index (χ2v) is 5.25. The Balaban J connectivity index is 1.66. The maximum Gasteiger partial charge on any atom is 0.258 e. The van der Waals surface area contributed by atoms with E-state index in [2.05, 4.69) is 31.6 Å². The maximum atomic E-state index is 12.2. The Labute approximate surface area is 129 Å². The Morgan fingerprint density at radius 1 is 1.18 bits per heavy atom. The highest BCUT2D eigenvalue weighted by Crippen LogP contribution is 2.10. The molecule has 2 N–H and O–H groups in total. The van der Waals surface area contributed by atoms with Crippen molar-refractivity contribution in [3.8, 4) is 0 Å². The highest BCUT2D eigenvalue weighted by atomic mass is 16.1. The van der Waals surface area contributed by atoms with Crippen molar-refractivity contribution in [2.75, 3.05) is 31.5 Å². The minimum atomic E-state index is -0.187. The van der Waals surface area contributed by atoms with E-state index in [1.807, 2.05) is 12.1 Å². The predicted octanol–water partition coefficient (Wildman–Crippen LogP) is 1.13. The van der Waals surface area contributed by atoms with E-state index in [1.54, 1.807) is 24.5 Å². The summed E-state index contributed by atoms with van der Waals surface area (Å²) < 4.78 is 0. The van der Waals surface area contributed by atoms with Gasteiger partial charge in [0.2, 0.25) is 5.95 Å². The van der Waals surface area contributed by atoms with E-state index in [0.717, 1.165) is 38.3 Å². The number of carbonyl (C=O) groups is 1. The average Bonchev–Trinajstić information content (AvgIpc) is 2.57. The quantitative estimate of drug-likeness (QED) is 0.885. The highest BCUT2D eigenvalue weighted by molar-refractivity contribution is 6.03. The summed E-state index contributed by atoms with van der Waals surface area (Å²) in [5, 5.41) is 6.04. The van der Waals surface area contributed by atoms with Crippen molar-refractivity contribution < 1.29 is 4.79 Å². The Kier molecular flexibility index (Phi) is 4.72. The van der Waals surface area contributed by atoms with Crippen LogP contribution in [-0.4, -0.2) is 47.0 Å². The molecule has 22 heavy (non-hydrogen) atoms. The van der Waals surface area contributed by atoms with Gasteiger partial charge in [-0.15, -0.1) is 0 Å². The van der Waals surface area contributed by atoms with Crippen molar-refractivity contribution in [1.82, 2.24) is 20.2 Å². The predicted molar refractivity (Wildman–Crippen MR) is 84.6 cm³/mol. The minimum Gasteiger partial charge on any atom is -0.314 e. The van der Waals surface area contributed by atoms with Gasteiger partial charge < -0.3 is 5.32 Å². The van der Waals surface area contributed by atoms with Crippen LogP contribution in [-0.2, 0) is 6.54 Å². The van der Waals surface area contributed by atoms with Gasteiger partial charge in [0.25, 0.3) is 5.91 Å². The summed E-state index contributed by atoms with van der Waals surface area (Å²) >= 11 is 0. The number of hydrogen-bond acceptors (Lipinski definition) is 5. The van der Waals surface area contributed by atoms with Crippen molar-refractivity contribution in [3.63, 3.8) is 0 Å². The molecule has 1 aliphatic heterocycles. The largest absolute Gasteiger partial charge is 0.314 e. The molecular weight excluding hydrogens is 278 g/mol. The third-order valence-corrected chi connectivity index (χ3v) is 3.60. The lowest BCUT2D eigenvalue weighted by Crippen LogP contribution is -2.42. The molecule has 1 aromatic heterocycles. The van der Waals surface area contributed by atoms with E-state index in [4.69, 9.17) is 0 Å². The van der Waals surface area contributed by atoms with Crippen LogP contribution >= 0.6 is 0 Å². The summed E-state index contributed by atoms with van der Waals surface area (Å²) in [6.07, 6.45) is 3.20. The Hall–Kier alpha value is -2.31. The van der Waals surface area contributed by atoms with E-state index in [-0.39, 0.29) is 5.91 Å². The number of nitrogens with one attached hydrogen (secondary N) is 2. The fourth-order valence-electron chi connectivity index (χ4n) is 2.48. The summed E-state index contributed by atoms with van der Waals surface area (Å²) in [7, 11) is 0. The monoisotopic (exact) mass is 297 g/mol. The number of anilines is 1. The van der Waals surface area contributed by atoms with Gasteiger partial charge in [-0.2, -0.15) is 0 Å². The summed E-state index contributed by atoms with van der Waals surface area (Å²) in [5.41, 5.74) is 1.77. The SMILES string of the molecule is O=C(Nc1ncccn1)c1cccc(CN2CCNCC2)c1. The van der Waals surface area contributed by atoms with Crippen molar-refractivity contribution in [3.05, 3.63) is 53.9 Å². The normalized spacial score (nSPS) is 15.5. The molecule has 6 heteroatoms. The molecule has 1 amide bonds. The van der Waals surface area contributed by atoms with Crippen LogP contribution in [0.3, 0.4) is 0 Å². The van der Waals surface area contributed by atoms with Gasteiger partial charge in [-0.25, -0.2) is 9.97 Å². The molecule has 2 aromatic rings. The third kappa shape index (κ3) is 3.87. The van der Waals surface area contributed by atoms with Gasteiger partial charge in [0.1, 0.15) is 0 Å². The minimum absolute atomic E-state index is 0.187. The van der Waals surface area contributed by atoms with Crippen LogP contribution < -0.4 is 10.6 Å². The number of aromatic nitrogens is 2. The summed E-state index contributed by atoms with van der Waals surface area (Å²) in [6, 6.07) is 9.42. The first-order chi connectivity index (χ1) is 10.8. The van der Waals surface area contributed by atoms with Crippen LogP contribution in [0.4, 0.5) is 5.95 Å². The fraction of sp³-hybridized carbons (Fsp3) is 0.312. The van der Waals surface area contributed by atoms with Crippen molar-refractivity contribution in [2.24, 2.45) is 0 Å². The maximum absolute atomic E-state index is 12.2. The van der Waals surface area contributed by atoms with Gasteiger partial charge in [0, 0.05) is 50.7 Å². The van der Waals surface area contributed by atoms with Gasteiger partial charge in [-0.3, -0.25) is 15.0 Å². The first-order valence-electron chi connectivity index (χ1n) is 7.42. The molecule has 0 atom stereocenters. The number of benzene rings is 1. The second-order valence-electron chi connectivity index (χ2n) is 5.25. The molecule has 0 bridgehead atoms. The molecule has 1 saturated heterocycles. The smallest absolute Gasteiger partial charge is 0.258 e. The average molecular weight is 297 g/mol. The van der Waals surface area contributed by atoms with Gasteiger partial charge in [0.15, 0.2) is 0 Å². The molecule has 1 fully saturated rings. The number of carbonyl (C=O) groups excluding carboxylic acids is 1. The zero-order valence-electron chi connectivity index (χ0n) is 12.3. The zero-order valence-corrected chi connectivity index (χ0v) is 12.3. The zero-order chi connectivity index (χ0) is 15.2. The standard InChI is InChI=1S/C16H19N5O/c22-15(20-16-18-5-2-6-19-16)14-4-1-3-13(11-14)12-21-9-7-17-8-10-21/h1-6,11,17H,7-10,12H2,(H,18,19,20,22). The number of nitrogens with zero attached hydrogens (tertiary/aromatic N) is 3. The molecular formula is C16H19N5O. The van der Waals surface area contributed by atoms with Crippen LogP contribution in [0.1, 0.15) is 15.9 Å². The van der Waals surface area contributed by atoms with Crippen LogP contribution in [0, 0.1) is 0 Å². The second kappa shape index (κ2) is 7.11. The number of amides is 1. The Morgan fingerprint density at radius 3 is 2.73 bits per heavy atom. The molecule has 2 heterocycles. The van der Waals surface area contributed by atoms with Gasteiger partial charge in [0.05, 0.1) is 0 Å². The lowest BCUT2D eigenvalue weighted by Gasteiger charge is -2.27. The summed E-state index contributed by atoms with van der Waals surface area (Å²) in [4.78, 5) is 22.6. The fourth-order valence-corrected chi connectivity index (χ4v) is 2.48. The molecule has 0 unspecified atom stereocenters. The molecule has 0 aliphatic carbocycles. The highest BCUT2D eigenvalue weighted by Gasteiger charge is 2.12. The number of piperazine rings is 1. The van der Waals surface area contributed by atoms with Crippen molar-refractivity contribution >= 4 is 11.9 Å². The van der Waals surface area contributed by atoms with Gasteiger partial charge >= 0.3 is 0 Å². The molecule has 0 radical (unpaired) electrons. The van der Waals surface area contributed by atoms with Crippen molar-refractivity contribution in [2.45, 2.75) is 6.54 Å².